The quantitative estimate of drug-likeness (QED) is 0.760. The van der Waals surface area contributed by atoms with Gasteiger partial charge in [0.05, 0.1) is 0 Å². The van der Waals surface area contributed by atoms with E-state index in [0.717, 1.165) is 29.9 Å². The zero-order chi connectivity index (χ0) is 12.1. The Morgan fingerprint density at radius 3 is 2.81 bits per heavy atom. The van der Waals surface area contributed by atoms with Crippen molar-refractivity contribution in [2.24, 2.45) is 0 Å². The predicted molar refractivity (Wildman–Crippen MR) is 66.7 cm³/mol. The summed E-state index contributed by atoms with van der Waals surface area (Å²) in [6.45, 7) is 11.1. The van der Waals surface area contributed by atoms with E-state index in [9.17, 15) is 4.79 Å². The van der Waals surface area contributed by atoms with Crippen molar-refractivity contribution in [3.05, 3.63) is 35.7 Å². The van der Waals surface area contributed by atoms with Crippen LogP contribution in [0.3, 0.4) is 0 Å². The van der Waals surface area contributed by atoms with Gasteiger partial charge in [0.25, 0.3) is 5.91 Å². The van der Waals surface area contributed by atoms with E-state index in [2.05, 4.69) is 11.9 Å². The molecule has 0 fully saturated rings. The normalized spacial score (nSPS) is 10.2. The Kier molecular flexibility index (Phi) is 4.35. The first kappa shape index (κ1) is 12.6. The molecule has 1 aromatic rings. The summed E-state index contributed by atoms with van der Waals surface area (Å²) in [4.78, 5) is 12.0. The van der Waals surface area contributed by atoms with E-state index in [-0.39, 0.29) is 5.91 Å². The molecule has 1 aromatic heterocycles. The van der Waals surface area contributed by atoms with Gasteiger partial charge in [-0.05, 0) is 31.9 Å². The van der Waals surface area contributed by atoms with Gasteiger partial charge in [-0.3, -0.25) is 4.79 Å². The Morgan fingerprint density at radius 1 is 1.56 bits per heavy atom. The molecule has 1 amide bonds. The number of nitrogens with one attached hydrogen (secondary N) is 1. The molecule has 0 aromatic carbocycles. The number of amides is 1. The third kappa shape index (κ3) is 2.54. The van der Waals surface area contributed by atoms with Gasteiger partial charge in [-0.1, -0.05) is 13.0 Å². The fourth-order valence-corrected chi connectivity index (χ4v) is 1.84. The summed E-state index contributed by atoms with van der Waals surface area (Å²) in [6, 6.07) is 2.03. The molecule has 0 saturated carbocycles. The maximum atomic E-state index is 12.0. The Morgan fingerprint density at radius 2 is 2.25 bits per heavy atom. The third-order valence-corrected chi connectivity index (χ3v) is 2.56. The number of aryl methyl sites for hydroxylation is 2. The van der Waals surface area contributed by atoms with E-state index in [4.69, 9.17) is 0 Å². The third-order valence-electron chi connectivity index (χ3n) is 2.56. The van der Waals surface area contributed by atoms with E-state index in [0.29, 0.717) is 6.54 Å². The number of hydrogen-bond donors (Lipinski definition) is 1. The zero-order valence-corrected chi connectivity index (χ0v) is 10.3. The summed E-state index contributed by atoms with van der Waals surface area (Å²) >= 11 is 0. The molecule has 16 heavy (non-hydrogen) atoms. The molecule has 1 heterocycles. The van der Waals surface area contributed by atoms with Gasteiger partial charge in [-0.2, -0.15) is 0 Å². The standard InChI is InChI=1S/C13H20N2O/c1-5-7-14-13(16)12-10(3)9-11(4)15(12)8-6-2/h6,9H,2,5,7-8H2,1,3-4H3,(H,14,16). The smallest absolute Gasteiger partial charge is 0.268 e. The number of carbonyl (C=O) groups is 1. The average molecular weight is 220 g/mol. The second-order valence-electron chi connectivity index (χ2n) is 3.97. The summed E-state index contributed by atoms with van der Waals surface area (Å²) in [6.07, 6.45) is 2.76. The van der Waals surface area contributed by atoms with Crippen LogP contribution in [-0.4, -0.2) is 17.0 Å². The minimum Gasteiger partial charge on any atom is -0.351 e. The minimum atomic E-state index is 0.00861. The number of allylic oxidation sites excluding steroid dienone is 1. The number of aromatic nitrogens is 1. The van der Waals surface area contributed by atoms with Crippen molar-refractivity contribution in [2.75, 3.05) is 6.54 Å². The highest BCUT2D eigenvalue weighted by Crippen LogP contribution is 2.15. The minimum absolute atomic E-state index is 0.00861. The molecule has 88 valence electrons. The Balaban J connectivity index is 3.00. The second-order valence-corrected chi connectivity index (χ2v) is 3.97. The van der Waals surface area contributed by atoms with Crippen molar-refractivity contribution in [1.82, 2.24) is 9.88 Å². The van der Waals surface area contributed by atoms with Crippen LogP contribution in [0.5, 0.6) is 0 Å². The van der Waals surface area contributed by atoms with Crippen LogP contribution in [0.25, 0.3) is 0 Å². The zero-order valence-electron chi connectivity index (χ0n) is 10.3. The number of nitrogens with zero attached hydrogens (tertiary/aromatic N) is 1. The molecule has 1 rings (SSSR count). The maximum Gasteiger partial charge on any atom is 0.268 e. The number of carbonyl (C=O) groups excluding carboxylic acids is 1. The highest BCUT2D eigenvalue weighted by atomic mass is 16.1. The topological polar surface area (TPSA) is 34.0 Å². The Labute approximate surface area is 97.2 Å². The largest absolute Gasteiger partial charge is 0.351 e. The molecule has 0 unspecified atom stereocenters. The molecule has 1 N–H and O–H groups in total. The van der Waals surface area contributed by atoms with Gasteiger partial charge in [0, 0.05) is 18.8 Å². The van der Waals surface area contributed by atoms with Gasteiger partial charge in [-0.15, -0.1) is 6.58 Å². The van der Waals surface area contributed by atoms with E-state index >= 15 is 0 Å². The lowest BCUT2D eigenvalue weighted by Gasteiger charge is -2.10. The van der Waals surface area contributed by atoms with Crippen LogP contribution in [0.2, 0.25) is 0 Å². The summed E-state index contributed by atoms with van der Waals surface area (Å²) in [7, 11) is 0. The van der Waals surface area contributed by atoms with Crippen molar-refractivity contribution in [3.63, 3.8) is 0 Å². The molecular weight excluding hydrogens is 200 g/mol. The van der Waals surface area contributed by atoms with Crippen molar-refractivity contribution in [2.45, 2.75) is 33.7 Å². The molecular formula is C13H20N2O. The second kappa shape index (κ2) is 5.54. The summed E-state index contributed by atoms with van der Waals surface area (Å²) < 4.78 is 1.99. The van der Waals surface area contributed by atoms with Gasteiger partial charge in [0.15, 0.2) is 0 Å². The fourth-order valence-electron chi connectivity index (χ4n) is 1.84. The molecule has 0 aliphatic rings. The van der Waals surface area contributed by atoms with Crippen LogP contribution < -0.4 is 5.32 Å². The molecule has 0 aliphatic heterocycles. The lowest BCUT2D eigenvalue weighted by atomic mass is 10.2. The Hall–Kier alpha value is -1.51. The first-order valence-electron chi connectivity index (χ1n) is 5.67. The van der Waals surface area contributed by atoms with Gasteiger partial charge < -0.3 is 9.88 Å². The van der Waals surface area contributed by atoms with E-state index < -0.39 is 0 Å². The highest BCUT2D eigenvalue weighted by molar-refractivity contribution is 5.94. The van der Waals surface area contributed by atoms with Crippen LogP contribution in [0.15, 0.2) is 18.7 Å². The maximum absolute atomic E-state index is 12.0. The molecule has 0 aliphatic carbocycles. The van der Waals surface area contributed by atoms with Crippen LogP contribution in [0.4, 0.5) is 0 Å². The van der Waals surface area contributed by atoms with E-state index in [1.54, 1.807) is 0 Å². The molecule has 0 radical (unpaired) electrons. The highest BCUT2D eigenvalue weighted by Gasteiger charge is 2.15. The van der Waals surface area contributed by atoms with Crippen LogP contribution in [0, 0.1) is 13.8 Å². The van der Waals surface area contributed by atoms with Crippen LogP contribution in [-0.2, 0) is 6.54 Å². The monoisotopic (exact) mass is 220 g/mol. The molecule has 0 bridgehead atoms. The summed E-state index contributed by atoms with van der Waals surface area (Å²) in [5.74, 6) is 0.00861. The predicted octanol–water partition coefficient (Wildman–Crippen LogP) is 2.43. The molecule has 0 atom stereocenters. The summed E-state index contributed by atoms with van der Waals surface area (Å²) in [5.41, 5.74) is 2.87. The van der Waals surface area contributed by atoms with Crippen LogP contribution >= 0.6 is 0 Å². The number of hydrogen-bond acceptors (Lipinski definition) is 1. The molecule has 0 spiro atoms. The van der Waals surface area contributed by atoms with Crippen molar-refractivity contribution >= 4 is 5.91 Å². The Bertz CT molecular complexity index is 391. The summed E-state index contributed by atoms with van der Waals surface area (Å²) in [5, 5.41) is 2.91. The number of rotatable bonds is 5. The van der Waals surface area contributed by atoms with Crippen LogP contribution in [0.1, 0.15) is 35.1 Å². The SMILES string of the molecule is C=CCn1c(C)cc(C)c1C(=O)NCCC. The first-order valence-corrected chi connectivity index (χ1v) is 5.67. The van der Waals surface area contributed by atoms with Crippen molar-refractivity contribution in [3.8, 4) is 0 Å². The first-order chi connectivity index (χ1) is 7.61. The van der Waals surface area contributed by atoms with Gasteiger partial charge in [0.2, 0.25) is 0 Å². The molecule has 3 nitrogen and oxygen atoms in total. The van der Waals surface area contributed by atoms with E-state index in [1.165, 1.54) is 0 Å². The van der Waals surface area contributed by atoms with Gasteiger partial charge in [-0.25, -0.2) is 0 Å². The average Bonchev–Trinajstić information content (AvgIpc) is 2.51. The fraction of sp³-hybridized carbons (Fsp3) is 0.462. The molecule has 0 saturated heterocycles. The van der Waals surface area contributed by atoms with Gasteiger partial charge >= 0.3 is 0 Å². The van der Waals surface area contributed by atoms with E-state index in [1.807, 2.05) is 37.5 Å². The van der Waals surface area contributed by atoms with Crippen molar-refractivity contribution in [1.29, 1.82) is 0 Å². The lowest BCUT2D eigenvalue weighted by molar-refractivity contribution is 0.0944. The van der Waals surface area contributed by atoms with Crippen molar-refractivity contribution < 1.29 is 4.79 Å². The van der Waals surface area contributed by atoms with Gasteiger partial charge in [0.1, 0.15) is 5.69 Å². The molecule has 3 heteroatoms. The lowest BCUT2D eigenvalue weighted by Crippen LogP contribution is -2.27.